The third-order valence-electron chi connectivity index (χ3n) is 2.75. The van der Waals surface area contributed by atoms with Crippen molar-refractivity contribution in [1.82, 2.24) is 4.98 Å². The number of hydrogen-bond donors (Lipinski definition) is 2. The molecule has 1 aromatic carbocycles. The molecule has 0 saturated heterocycles. The lowest BCUT2D eigenvalue weighted by Gasteiger charge is -2.10. The summed E-state index contributed by atoms with van der Waals surface area (Å²) in [4.78, 5) is 16.1. The van der Waals surface area contributed by atoms with E-state index in [4.69, 9.17) is 10.5 Å². The van der Waals surface area contributed by atoms with Crippen LogP contribution in [-0.4, -0.2) is 17.5 Å². The normalized spacial score (nSPS) is 10.2. The van der Waals surface area contributed by atoms with Gasteiger partial charge in [0.15, 0.2) is 0 Å². The Kier molecular flexibility index (Phi) is 4.68. The molecule has 0 spiro atoms. The topological polar surface area (TPSA) is 77.2 Å². The zero-order valence-corrected chi connectivity index (χ0v) is 11.3. The summed E-state index contributed by atoms with van der Waals surface area (Å²) in [7, 11) is 0. The van der Waals surface area contributed by atoms with Gasteiger partial charge in [-0.15, -0.1) is 0 Å². The van der Waals surface area contributed by atoms with Gasteiger partial charge in [-0.25, -0.2) is 4.98 Å². The third kappa shape index (κ3) is 3.55. The summed E-state index contributed by atoms with van der Waals surface area (Å²) in [6.45, 7) is 3.02. The quantitative estimate of drug-likeness (QED) is 0.875. The second-order valence-electron chi connectivity index (χ2n) is 4.23. The van der Waals surface area contributed by atoms with Gasteiger partial charge >= 0.3 is 0 Å². The number of nitrogens with zero attached hydrogens (tertiary/aromatic N) is 1. The van der Waals surface area contributed by atoms with E-state index in [0.29, 0.717) is 24.6 Å². The highest BCUT2D eigenvalue weighted by molar-refractivity contribution is 6.03. The Hall–Kier alpha value is -2.40. The number of hydrogen-bond acceptors (Lipinski definition) is 4. The summed E-state index contributed by atoms with van der Waals surface area (Å²) in [5.74, 6) is -0.269. The molecule has 1 heterocycles. The van der Waals surface area contributed by atoms with Crippen LogP contribution in [0.25, 0.3) is 0 Å². The van der Waals surface area contributed by atoms with E-state index >= 15 is 0 Å². The lowest BCUT2D eigenvalue weighted by Crippen LogP contribution is -2.15. The van der Waals surface area contributed by atoms with E-state index in [1.165, 1.54) is 6.20 Å². The van der Waals surface area contributed by atoms with Crippen molar-refractivity contribution in [2.24, 2.45) is 0 Å². The zero-order chi connectivity index (χ0) is 14.4. The molecule has 5 heteroatoms. The van der Waals surface area contributed by atoms with Crippen LogP contribution in [-0.2, 0) is 11.3 Å². The average Bonchev–Trinajstić information content (AvgIpc) is 2.47. The largest absolute Gasteiger partial charge is 0.397 e. The summed E-state index contributed by atoms with van der Waals surface area (Å²) < 4.78 is 5.38. The predicted octanol–water partition coefficient (Wildman–Crippen LogP) is 2.45. The SMILES string of the molecule is CCOCc1ccccc1NC(=O)c1ccc(N)cn1. The van der Waals surface area contributed by atoms with Crippen molar-refractivity contribution in [2.45, 2.75) is 13.5 Å². The number of pyridine rings is 1. The molecular weight excluding hydrogens is 254 g/mol. The summed E-state index contributed by atoms with van der Waals surface area (Å²) in [6, 6.07) is 10.8. The first-order valence-corrected chi connectivity index (χ1v) is 6.39. The molecule has 1 amide bonds. The fraction of sp³-hybridized carbons (Fsp3) is 0.200. The van der Waals surface area contributed by atoms with Crippen molar-refractivity contribution in [3.63, 3.8) is 0 Å². The van der Waals surface area contributed by atoms with E-state index in [1.807, 2.05) is 31.2 Å². The Morgan fingerprint density at radius 3 is 2.80 bits per heavy atom. The average molecular weight is 271 g/mol. The van der Waals surface area contributed by atoms with E-state index in [-0.39, 0.29) is 5.91 Å². The molecule has 0 saturated carbocycles. The van der Waals surface area contributed by atoms with Gasteiger partial charge < -0.3 is 15.8 Å². The number of anilines is 2. The second-order valence-corrected chi connectivity index (χ2v) is 4.23. The minimum Gasteiger partial charge on any atom is -0.397 e. The number of carbonyl (C=O) groups excluding carboxylic acids is 1. The van der Waals surface area contributed by atoms with E-state index in [9.17, 15) is 4.79 Å². The molecule has 3 N–H and O–H groups in total. The molecule has 0 radical (unpaired) electrons. The van der Waals surface area contributed by atoms with Gasteiger partial charge in [0.2, 0.25) is 0 Å². The van der Waals surface area contributed by atoms with Crippen LogP contribution >= 0.6 is 0 Å². The molecule has 20 heavy (non-hydrogen) atoms. The van der Waals surface area contributed by atoms with Crippen LogP contribution < -0.4 is 11.1 Å². The van der Waals surface area contributed by atoms with Crippen LogP contribution in [0, 0.1) is 0 Å². The molecule has 0 atom stereocenters. The van der Waals surface area contributed by atoms with Crippen LogP contribution in [0.4, 0.5) is 11.4 Å². The summed E-state index contributed by atoms with van der Waals surface area (Å²) in [5, 5.41) is 2.83. The van der Waals surface area contributed by atoms with Crippen molar-refractivity contribution in [3.8, 4) is 0 Å². The van der Waals surface area contributed by atoms with Crippen LogP contribution in [0.3, 0.4) is 0 Å². The smallest absolute Gasteiger partial charge is 0.274 e. The predicted molar refractivity (Wildman–Crippen MR) is 78.4 cm³/mol. The molecule has 2 aromatic rings. The number of nitrogens with one attached hydrogen (secondary N) is 1. The van der Waals surface area contributed by atoms with Crippen molar-refractivity contribution in [3.05, 3.63) is 53.9 Å². The Labute approximate surface area is 117 Å². The molecule has 0 aliphatic heterocycles. The van der Waals surface area contributed by atoms with Crippen molar-refractivity contribution in [2.75, 3.05) is 17.7 Å². The Bertz CT molecular complexity index is 582. The van der Waals surface area contributed by atoms with Gasteiger partial charge in [-0.1, -0.05) is 18.2 Å². The monoisotopic (exact) mass is 271 g/mol. The van der Waals surface area contributed by atoms with Gasteiger partial charge in [0.05, 0.1) is 18.5 Å². The molecular formula is C15H17N3O2. The molecule has 5 nitrogen and oxygen atoms in total. The number of carbonyl (C=O) groups is 1. The molecule has 2 rings (SSSR count). The van der Waals surface area contributed by atoms with Crippen LogP contribution in [0.2, 0.25) is 0 Å². The lowest BCUT2D eigenvalue weighted by molar-refractivity contribution is 0.102. The minimum atomic E-state index is -0.269. The Morgan fingerprint density at radius 2 is 2.10 bits per heavy atom. The first-order valence-electron chi connectivity index (χ1n) is 6.39. The first-order chi connectivity index (χ1) is 9.70. The molecule has 0 aliphatic rings. The number of rotatable bonds is 5. The Balaban J connectivity index is 2.13. The van der Waals surface area contributed by atoms with Crippen LogP contribution in [0.5, 0.6) is 0 Å². The zero-order valence-electron chi connectivity index (χ0n) is 11.3. The van der Waals surface area contributed by atoms with E-state index in [0.717, 1.165) is 11.3 Å². The van der Waals surface area contributed by atoms with Crippen LogP contribution in [0.15, 0.2) is 42.6 Å². The second kappa shape index (κ2) is 6.68. The highest BCUT2D eigenvalue weighted by atomic mass is 16.5. The fourth-order valence-corrected chi connectivity index (χ4v) is 1.71. The first kappa shape index (κ1) is 14.0. The van der Waals surface area contributed by atoms with Gasteiger partial charge in [0.1, 0.15) is 5.69 Å². The molecule has 104 valence electrons. The Morgan fingerprint density at radius 1 is 1.30 bits per heavy atom. The van der Waals surface area contributed by atoms with Gasteiger partial charge in [-0.3, -0.25) is 4.79 Å². The molecule has 0 fully saturated rings. The van der Waals surface area contributed by atoms with Crippen molar-refractivity contribution < 1.29 is 9.53 Å². The number of benzene rings is 1. The number of amides is 1. The van der Waals surface area contributed by atoms with E-state index in [1.54, 1.807) is 12.1 Å². The maximum atomic E-state index is 12.1. The number of aromatic nitrogens is 1. The molecule has 0 aliphatic carbocycles. The lowest BCUT2D eigenvalue weighted by atomic mass is 10.2. The van der Waals surface area contributed by atoms with Gasteiger partial charge in [-0.2, -0.15) is 0 Å². The standard InChI is InChI=1S/C15H17N3O2/c1-2-20-10-11-5-3-4-6-13(11)18-15(19)14-8-7-12(16)9-17-14/h3-9H,2,10,16H2,1H3,(H,18,19). The van der Waals surface area contributed by atoms with Gasteiger partial charge in [-0.05, 0) is 25.1 Å². The number of nitrogen functional groups attached to an aromatic ring is 1. The highest BCUT2D eigenvalue weighted by Crippen LogP contribution is 2.17. The van der Waals surface area contributed by atoms with Gasteiger partial charge in [0, 0.05) is 17.9 Å². The maximum Gasteiger partial charge on any atom is 0.274 e. The summed E-state index contributed by atoms with van der Waals surface area (Å²) >= 11 is 0. The fourth-order valence-electron chi connectivity index (χ4n) is 1.71. The van der Waals surface area contributed by atoms with E-state index in [2.05, 4.69) is 10.3 Å². The third-order valence-corrected chi connectivity index (χ3v) is 2.75. The molecule has 0 unspecified atom stereocenters. The molecule has 0 bridgehead atoms. The molecule has 1 aromatic heterocycles. The van der Waals surface area contributed by atoms with E-state index < -0.39 is 0 Å². The van der Waals surface area contributed by atoms with Crippen LogP contribution in [0.1, 0.15) is 23.0 Å². The number of nitrogens with two attached hydrogens (primary N) is 1. The van der Waals surface area contributed by atoms with Crippen molar-refractivity contribution >= 4 is 17.3 Å². The van der Waals surface area contributed by atoms with Crippen molar-refractivity contribution in [1.29, 1.82) is 0 Å². The number of ether oxygens (including phenoxy) is 1. The van der Waals surface area contributed by atoms with Gasteiger partial charge in [0.25, 0.3) is 5.91 Å². The number of para-hydroxylation sites is 1. The maximum absolute atomic E-state index is 12.1. The minimum absolute atomic E-state index is 0.269. The summed E-state index contributed by atoms with van der Waals surface area (Å²) in [5.41, 5.74) is 8.05. The highest BCUT2D eigenvalue weighted by Gasteiger charge is 2.09. The summed E-state index contributed by atoms with van der Waals surface area (Å²) in [6.07, 6.45) is 1.46.